The molecule has 3 aromatic rings. The number of amides is 2. The van der Waals surface area contributed by atoms with Gasteiger partial charge < -0.3 is 10.2 Å². The first-order chi connectivity index (χ1) is 14.5. The van der Waals surface area contributed by atoms with Gasteiger partial charge in [-0.1, -0.05) is 48.5 Å². The Balaban J connectivity index is 1.54. The predicted molar refractivity (Wildman–Crippen MR) is 125 cm³/mol. The van der Waals surface area contributed by atoms with Crippen molar-refractivity contribution in [1.29, 1.82) is 0 Å². The van der Waals surface area contributed by atoms with E-state index in [9.17, 15) is 9.59 Å². The van der Waals surface area contributed by atoms with Crippen LogP contribution in [-0.2, 0) is 4.79 Å². The van der Waals surface area contributed by atoms with E-state index in [2.05, 4.69) is 10.6 Å². The zero-order valence-electron chi connectivity index (χ0n) is 16.4. The molecule has 0 aromatic heterocycles. The Bertz CT molecular complexity index is 1050. The third-order valence-electron chi connectivity index (χ3n) is 4.30. The molecule has 0 aliphatic heterocycles. The average Bonchev–Trinajstić information content (AvgIpc) is 2.78. The second-order valence-electron chi connectivity index (χ2n) is 6.46. The number of carbonyl (C=O) groups excluding carboxylic acids is 2. The lowest BCUT2D eigenvalue weighted by Crippen LogP contribution is -2.32. The highest BCUT2D eigenvalue weighted by Gasteiger charge is 2.13. The second kappa shape index (κ2) is 10.1. The molecule has 0 fully saturated rings. The van der Waals surface area contributed by atoms with Crippen molar-refractivity contribution in [3.8, 4) is 0 Å². The molecular weight excluding hydrogens is 394 g/mol. The van der Waals surface area contributed by atoms with Gasteiger partial charge in [-0.2, -0.15) is 0 Å². The topological polar surface area (TPSA) is 61.4 Å². The maximum Gasteiger partial charge on any atom is 0.258 e. The van der Waals surface area contributed by atoms with Crippen molar-refractivity contribution in [3.05, 3.63) is 102 Å². The molecule has 0 aliphatic rings. The molecule has 0 radical (unpaired) electrons. The van der Waals surface area contributed by atoms with Crippen molar-refractivity contribution in [1.82, 2.24) is 5.32 Å². The summed E-state index contributed by atoms with van der Waals surface area (Å²) in [5.41, 5.74) is 2.96. The van der Waals surface area contributed by atoms with Crippen LogP contribution >= 0.6 is 12.2 Å². The van der Waals surface area contributed by atoms with Crippen LogP contribution < -0.4 is 15.5 Å². The average molecular weight is 416 g/mol. The summed E-state index contributed by atoms with van der Waals surface area (Å²) in [5.74, 6) is -0.442. The Morgan fingerprint density at radius 1 is 0.867 bits per heavy atom. The molecule has 0 saturated heterocycles. The van der Waals surface area contributed by atoms with E-state index in [1.54, 1.807) is 42.3 Å². The lowest BCUT2D eigenvalue weighted by Gasteiger charge is -2.17. The second-order valence-corrected chi connectivity index (χ2v) is 6.87. The first-order valence-electron chi connectivity index (χ1n) is 9.31. The van der Waals surface area contributed by atoms with Crippen molar-refractivity contribution in [2.45, 2.75) is 0 Å². The summed E-state index contributed by atoms with van der Waals surface area (Å²) in [6.07, 6.45) is 3.13. The van der Waals surface area contributed by atoms with E-state index in [1.165, 1.54) is 6.08 Å². The zero-order valence-corrected chi connectivity index (χ0v) is 17.2. The Kier molecular flexibility index (Phi) is 7.08. The van der Waals surface area contributed by atoms with Crippen molar-refractivity contribution >= 4 is 46.6 Å². The highest BCUT2D eigenvalue weighted by Crippen LogP contribution is 2.16. The summed E-state index contributed by atoms with van der Waals surface area (Å²) in [5, 5.41) is 5.71. The van der Waals surface area contributed by atoms with Gasteiger partial charge in [-0.3, -0.25) is 14.9 Å². The Hall–Kier alpha value is -3.77. The van der Waals surface area contributed by atoms with Crippen LogP contribution in [0.1, 0.15) is 15.9 Å². The van der Waals surface area contributed by atoms with Crippen LogP contribution in [0.4, 0.5) is 11.4 Å². The Morgan fingerprint density at radius 2 is 1.47 bits per heavy atom. The van der Waals surface area contributed by atoms with Crippen molar-refractivity contribution < 1.29 is 9.59 Å². The summed E-state index contributed by atoms with van der Waals surface area (Å²) in [7, 11) is 1.73. The highest BCUT2D eigenvalue weighted by atomic mass is 32.1. The number of nitrogens with one attached hydrogen (secondary N) is 2. The first kappa shape index (κ1) is 21.0. The van der Waals surface area contributed by atoms with E-state index >= 15 is 0 Å². The van der Waals surface area contributed by atoms with Crippen molar-refractivity contribution in [3.63, 3.8) is 0 Å². The largest absolute Gasteiger partial charge is 0.332 e. The standard InChI is InChI=1S/C24H21N3O2S/c1-27(21-10-6-3-7-11-21)23(29)19-13-15-20(16-14-19)25-24(30)26-22(28)17-12-18-8-4-2-5-9-18/h2-17H,1H3,(H2,25,26,28,30)/b17-12+. The fourth-order valence-corrected chi connectivity index (χ4v) is 2.93. The Morgan fingerprint density at radius 3 is 2.10 bits per heavy atom. The minimum atomic E-state index is -0.326. The molecule has 0 unspecified atom stereocenters. The molecule has 0 saturated carbocycles. The van der Waals surface area contributed by atoms with Gasteiger partial charge in [0, 0.05) is 30.1 Å². The first-order valence-corrected chi connectivity index (χ1v) is 9.72. The van der Waals surface area contributed by atoms with E-state index in [-0.39, 0.29) is 16.9 Å². The number of anilines is 2. The molecular formula is C24H21N3O2S. The van der Waals surface area contributed by atoms with Crippen LogP contribution in [-0.4, -0.2) is 24.0 Å². The van der Waals surface area contributed by atoms with Gasteiger partial charge in [0.15, 0.2) is 5.11 Å². The summed E-state index contributed by atoms with van der Waals surface area (Å²) in [6.45, 7) is 0. The molecule has 5 nitrogen and oxygen atoms in total. The molecule has 0 aliphatic carbocycles. The number of para-hydroxylation sites is 1. The molecule has 3 aromatic carbocycles. The summed E-state index contributed by atoms with van der Waals surface area (Å²) >= 11 is 5.18. The van der Waals surface area contributed by atoms with Crippen LogP contribution in [0, 0.1) is 0 Å². The molecule has 0 bridgehead atoms. The summed E-state index contributed by atoms with van der Waals surface area (Å²) < 4.78 is 0. The quantitative estimate of drug-likeness (QED) is 0.476. The minimum absolute atomic E-state index is 0.116. The molecule has 150 valence electrons. The van der Waals surface area contributed by atoms with Gasteiger partial charge >= 0.3 is 0 Å². The number of rotatable bonds is 5. The number of carbonyl (C=O) groups is 2. The molecule has 2 amide bonds. The summed E-state index contributed by atoms with van der Waals surface area (Å²) in [4.78, 5) is 26.2. The monoisotopic (exact) mass is 415 g/mol. The SMILES string of the molecule is CN(C(=O)c1ccc(NC(=S)NC(=O)/C=C/c2ccccc2)cc1)c1ccccc1. The number of thiocarbonyl (C=S) groups is 1. The molecule has 30 heavy (non-hydrogen) atoms. The van der Waals surface area contributed by atoms with Crippen LogP contribution in [0.25, 0.3) is 6.08 Å². The van der Waals surface area contributed by atoms with Gasteiger partial charge in [-0.05, 0) is 60.3 Å². The van der Waals surface area contributed by atoms with E-state index < -0.39 is 0 Å². The third-order valence-corrected chi connectivity index (χ3v) is 4.51. The fraction of sp³-hybridized carbons (Fsp3) is 0.0417. The Labute approximate surface area is 181 Å². The third kappa shape index (κ3) is 5.86. The zero-order chi connectivity index (χ0) is 21.3. The molecule has 0 atom stereocenters. The normalized spacial score (nSPS) is 10.4. The number of hydrogen-bond donors (Lipinski definition) is 2. The highest BCUT2D eigenvalue weighted by molar-refractivity contribution is 7.80. The van der Waals surface area contributed by atoms with Crippen LogP contribution in [0.15, 0.2) is 91.0 Å². The fourth-order valence-electron chi connectivity index (χ4n) is 2.71. The van der Waals surface area contributed by atoms with Crippen LogP contribution in [0.5, 0.6) is 0 Å². The van der Waals surface area contributed by atoms with Gasteiger partial charge in [0.2, 0.25) is 5.91 Å². The summed E-state index contributed by atoms with van der Waals surface area (Å²) in [6, 6.07) is 25.8. The van der Waals surface area contributed by atoms with Crippen molar-refractivity contribution in [2.75, 3.05) is 17.3 Å². The van der Waals surface area contributed by atoms with Gasteiger partial charge in [0.05, 0.1) is 0 Å². The van der Waals surface area contributed by atoms with Crippen LogP contribution in [0.3, 0.4) is 0 Å². The number of benzene rings is 3. The molecule has 0 spiro atoms. The van der Waals surface area contributed by atoms with Crippen LogP contribution in [0.2, 0.25) is 0 Å². The van der Waals surface area contributed by atoms with Crippen molar-refractivity contribution in [2.24, 2.45) is 0 Å². The van der Waals surface area contributed by atoms with Gasteiger partial charge in [0.25, 0.3) is 5.91 Å². The predicted octanol–water partition coefficient (Wildman–Crippen LogP) is 4.49. The molecule has 6 heteroatoms. The van der Waals surface area contributed by atoms with Gasteiger partial charge in [-0.15, -0.1) is 0 Å². The molecule has 3 rings (SSSR count). The lowest BCUT2D eigenvalue weighted by atomic mass is 10.1. The van der Waals surface area contributed by atoms with Gasteiger partial charge in [0.1, 0.15) is 0 Å². The smallest absolute Gasteiger partial charge is 0.258 e. The molecule has 2 N–H and O–H groups in total. The van der Waals surface area contributed by atoms with E-state index in [4.69, 9.17) is 12.2 Å². The van der Waals surface area contributed by atoms with E-state index in [0.29, 0.717) is 11.3 Å². The molecule has 0 heterocycles. The minimum Gasteiger partial charge on any atom is -0.332 e. The number of hydrogen-bond acceptors (Lipinski definition) is 3. The van der Waals surface area contributed by atoms with E-state index in [0.717, 1.165) is 11.3 Å². The van der Waals surface area contributed by atoms with E-state index in [1.807, 2.05) is 60.7 Å². The number of nitrogens with zero attached hydrogens (tertiary/aromatic N) is 1. The van der Waals surface area contributed by atoms with Gasteiger partial charge in [-0.25, -0.2) is 0 Å². The lowest BCUT2D eigenvalue weighted by molar-refractivity contribution is -0.115. The maximum absolute atomic E-state index is 12.6. The maximum atomic E-state index is 12.6.